The zero-order chi connectivity index (χ0) is 11.3. The van der Waals surface area contributed by atoms with Gasteiger partial charge in [0.1, 0.15) is 5.75 Å². The number of amides is 1. The van der Waals surface area contributed by atoms with Crippen LogP contribution in [0.15, 0.2) is 29.5 Å². The van der Waals surface area contributed by atoms with Crippen molar-refractivity contribution in [2.24, 2.45) is 5.22 Å². The van der Waals surface area contributed by atoms with Gasteiger partial charge in [0.05, 0.1) is 19.9 Å². The van der Waals surface area contributed by atoms with E-state index >= 15 is 0 Å². The Labute approximate surface area is 86.9 Å². The summed E-state index contributed by atoms with van der Waals surface area (Å²) in [5.41, 5.74) is 7.29. The molecule has 1 aromatic carbocycles. The fourth-order valence-corrected chi connectivity index (χ4v) is 1.01. The molecule has 0 unspecified atom stereocenters. The van der Waals surface area contributed by atoms with Crippen LogP contribution in [-0.2, 0) is 4.74 Å². The first-order valence-corrected chi connectivity index (χ1v) is 4.12. The molecule has 15 heavy (non-hydrogen) atoms. The number of nitrogens with one attached hydrogen (secondary N) is 1. The van der Waals surface area contributed by atoms with E-state index < -0.39 is 6.09 Å². The van der Waals surface area contributed by atoms with Crippen LogP contribution in [0.1, 0.15) is 0 Å². The molecule has 0 fully saturated rings. The van der Waals surface area contributed by atoms with Gasteiger partial charge in [-0.1, -0.05) is 5.22 Å². The van der Waals surface area contributed by atoms with E-state index in [0.29, 0.717) is 11.4 Å². The van der Waals surface area contributed by atoms with Crippen molar-refractivity contribution in [3.8, 4) is 5.75 Å². The summed E-state index contributed by atoms with van der Waals surface area (Å²) in [7, 11) is 2.77. The largest absolute Gasteiger partial charge is 0.497 e. The predicted octanol–water partition coefficient (Wildman–Crippen LogP) is 2.21. The average Bonchev–Trinajstić information content (AvgIpc) is 2.30. The molecule has 0 aliphatic heterocycles. The van der Waals surface area contributed by atoms with Crippen molar-refractivity contribution in [3.05, 3.63) is 24.3 Å². The van der Waals surface area contributed by atoms with Crippen molar-refractivity contribution >= 4 is 11.8 Å². The highest BCUT2D eigenvalue weighted by Gasteiger charge is 2.14. The Kier molecular flexibility index (Phi) is 3.61. The first kappa shape index (κ1) is 11.0. The van der Waals surface area contributed by atoms with E-state index in [1.54, 1.807) is 31.4 Å². The molecule has 0 bridgehead atoms. The molecule has 0 saturated heterocycles. The van der Waals surface area contributed by atoms with Crippen LogP contribution in [0.25, 0.3) is 0 Å². The monoisotopic (exact) mass is 209 g/mol. The highest BCUT2D eigenvalue weighted by Crippen LogP contribution is 2.19. The highest BCUT2D eigenvalue weighted by molar-refractivity contribution is 5.86. The van der Waals surface area contributed by atoms with Crippen LogP contribution in [0.3, 0.4) is 0 Å². The van der Waals surface area contributed by atoms with Gasteiger partial charge in [-0.05, 0) is 24.3 Å². The molecule has 1 N–H and O–H groups in total. The molecule has 1 aromatic rings. The first-order chi connectivity index (χ1) is 7.22. The smallest absolute Gasteiger partial charge is 0.436 e. The molecule has 0 aliphatic rings. The summed E-state index contributed by atoms with van der Waals surface area (Å²) < 4.78 is 9.41. The third kappa shape index (κ3) is 2.43. The Bertz CT molecular complexity index is 350. The summed E-state index contributed by atoms with van der Waals surface area (Å²) >= 11 is 0. The molecule has 0 atom stereocenters. The van der Waals surface area contributed by atoms with Gasteiger partial charge in [-0.15, -0.1) is 5.01 Å². The number of nitrogens with zero attached hydrogens (tertiary/aromatic N) is 2. The third-order valence-corrected chi connectivity index (χ3v) is 1.76. The van der Waals surface area contributed by atoms with Crippen molar-refractivity contribution in [2.75, 3.05) is 19.2 Å². The van der Waals surface area contributed by atoms with Gasteiger partial charge < -0.3 is 9.47 Å². The quantitative estimate of drug-likeness (QED) is 0.612. The Morgan fingerprint density at radius 3 is 2.33 bits per heavy atom. The number of carbonyl (C=O) groups excluding carboxylic acids is 1. The first-order valence-electron chi connectivity index (χ1n) is 4.12. The second kappa shape index (κ2) is 4.94. The van der Waals surface area contributed by atoms with E-state index in [0.717, 1.165) is 5.01 Å². The molecule has 1 rings (SSSR count). The van der Waals surface area contributed by atoms with Gasteiger partial charge in [0.15, 0.2) is 0 Å². The molecule has 0 aliphatic carbocycles. The molecule has 80 valence electrons. The highest BCUT2D eigenvalue weighted by atomic mass is 16.5. The van der Waals surface area contributed by atoms with Crippen LogP contribution in [0.5, 0.6) is 5.75 Å². The summed E-state index contributed by atoms with van der Waals surface area (Å²) in [5, 5.41) is 3.89. The van der Waals surface area contributed by atoms with Crippen LogP contribution in [0, 0.1) is 5.53 Å². The van der Waals surface area contributed by atoms with Crippen molar-refractivity contribution in [3.63, 3.8) is 0 Å². The molecule has 0 spiro atoms. The van der Waals surface area contributed by atoms with Crippen molar-refractivity contribution in [1.82, 2.24) is 0 Å². The lowest BCUT2D eigenvalue weighted by atomic mass is 10.3. The van der Waals surface area contributed by atoms with E-state index in [1.165, 1.54) is 7.11 Å². The third-order valence-electron chi connectivity index (χ3n) is 1.76. The minimum atomic E-state index is -0.713. The minimum absolute atomic E-state index is 0.442. The number of ether oxygens (including phenoxy) is 2. The Hall–Kier alpha value is -2.11. The summed E-state index contributed by atoms with van der Waals surface area (Å²) in [4.78, 5) is 11.2. The second-order valence-corrected chi connectivity index (χ2v) is 2.58. The molecule has 0 saturated carbocycles. The predicted molar refractivity (Wildman–Crippen MR) is 53.0 cm³/mol. The fourth-order valence-electron chi connectivity index (χ4n) is 1.01. The van der Waals surface area contributed by atoms with Gasteiger partial charge >= 0.3 is 6.09 Å². The van der Waals surface area contributed by atoms with Gasteiger partial charge in [0.25, 0.3) is 0 Å². The maximum atomic E-state index is 11.2. The standard InChI is InChI=1S/C9H11N3O3/c1-14-8-5-3-7(4-6-8)12(11-10)9(13)15-2/h3-6,10H,1-2H3. The minimum Gasteiger partial charge on any atom is -0.497 e. The number of carbonyl (C=O) groups is 1. The van der Waals surface area contributed by atoms with E-state index in [1.807, 2.05) is 0 Å². The van der Waals surface area contributed by atoms with Gasteiger partial charge in [-0.2, -0.15) is 5.53 Å². The zero-order valence-corrected chi connectivity index (χ0v) is 8.43. The molecule has 6 heteroatoms. The number of hydrogen-bond donors (Lipinski definition) is 1. The van der Waals surface area contributed by atoms with Crippen LogP contribution in [0.4, 0.5) is 10.5 Å². The van der Waals surface area contributed by atoms with Crippen LogP contribution >= 0.6 is 0 Å². The normalized spacial score (nSPS) is 9.20. The van der Waals surface area contributed by atoms with E-state index in [4.69, 9.17) is 10.3 Å². The number of rotatable bonds is 3. The van der Waals surface area contributed by atoms with E-state index in [-0.39, 0.29) is 0 Å². The molecule has 1 amide bonds. The summed E-state index contributed by atoms with van der Waals surface area (Å²) in [6, 6.07) is 6.54. The second-order valence-electron chi connectivity index (χ2n) is 2.58. The number of methoxy groups -OCH3 is 2. The van der Waals surface area contributed by atoms with E-state index in [2.05, 4.69) is 9.96 Å². The van der Waals surface area contributed by atoms with Gasteiger partial charge in [-0.25, -0.2) is 4.79 Å². The molecule has 0 heterocycles. The van der Waals surface area contributed by atoms with Crippen LogP contribution in [-0.4, -0.2) is 20.3 Å². The average molecular weight is 209 g/mol. The fraction of sp³-hybridized carbons (Fsp3) is 0.222. The maximum Gasteiger partial charge on any atom is 0.436 e. The van der Waals surface area contributed by atoms with Gasteiger partial charge in [-0.3, -0.25) is 0 Å². The molecule has 6 nitrogen and oxygen atoms in total. The summed E-state index contributed by atoms with van der Waals surface area (Å²) in [5.74, 6) is 0.661. The zero-order valence-electron chi connectivity index (χ0n) is 8.43. The molecular formula is C9H11N3O3. The van der Waals surface area contributed by atoms with Crippen molar-refractivity contribution in [1.29, 1.82) is 5.53 Å². The summed E-state index contributed by atoms with van der Waals surface area (Å²) in [6.45, 7) is 0. The van der Waals surface area contributed by atoms with Crippen LogP contribution < -0.4 is 9.75 Å². The maximum absolute atomic E-state index is 11.2. The van der Waals surface area contributed by atoms with Gasteiger partial charge in [0, 0.05) is 0 Å². The summed E-state index contributed by atoms with van der Waals surface area (Å²) in [6.07, 6.45) is -0.713. The Balaban J connectivity index is 2.92. The van der Waals surface area contributed by atoms with E-state index in [9.17, 15) is 4.79 Å². The lowest BCUT2D eigenvalue weighted by molar-refractivity contribution is 0.178. The Morgan fingerprint density at radius 1 is 1.33 bits per heavy atom. The SMILES string of the molecule is COC(=O)N(N=N)c1ccc(OC)cc1. The lowest BCUT2D eigenvalue weighted by Gasteiger charge is -2.13. The number of anilines is 1. The Morgan fingerprint density at radius 2 is 1.93 bits per heavy atom. The number of benzene rings is 1. The van der Waals surface area contributed by atoms with Gasteiger partial charge in [0.2, 0.25) is 0 Å². The van der Waals surface area contributed by atoms with Crippen molar-refractivity contribution < 1.29 is 14.3 Å². The lowest BCUT2D eigenvalue weighted by Crippen LogP contribution is -2.24. The number of hydrogen-bond acceptors (Lipinski definition) is 5. The van der Waals surface area contributed by atoms with Crippen LogP contribution in [0.2, 0.25) is 0 Å². The van der Waals surface area contributed by atoms with Crippen molar-refractivity contribution in [2.45, 2.75) is 0 Å². The topological polar surface area (TPSA) is 75.0 Å². The molecule has 0 radical (unpaired) electrons. The molecular weight excluding hydrogens is 198 g/mol. The molecule has 0 aromatic heterocycles.